The Morgan fingerprint density at radius 3 is 2.14 bits per heavy atom. The van der Waals surface area contributed by atoms with Crippen LogP contribution in [0.1, 0.15) is 59.8 Å². The zero-order valence-corrected chi connectivity index (χ0v) is 15.9. The van der Waals surface area contributed by atoms with Gasteiger partial charge in [-0.25, -0.2) is 0 Å². The van der Waals surface area contributed by atoms with Crippen molar-refractivity contribution in [3.8, 4) is 0 Å². The summed E-state index contributed by atoms with van der Waals surface area (Å²) >= 11 is 0. The van der Waals surface area contributed by atoms with Crippen LogP contribution >= 0.6 is 0 Å². The number of hydrogen-bond donors (Lipinski definition) is 0. The van der Waals surface area contributed by atoms with Crippen LogP contribution in [-0.2, 0) is 4.74 Å². The second-order valence-corrected chi connectivity index (χ2v) is 8.18. The van der Waals surface area contributed by atoms with Gasteiger partial charge in [-0.2, -0.15) is 0 Å². The molecule has 0 N–H and O–H groups in total. The van der Waals surface area contributed by atoms with Crippen LogP contribution in [0.15, 0.2) is 0 Å². The van der Waals surface area contributed by atoms with E-state index in [0.29, 0.717) is 5.41 Å². The molecule has 1 heterocycles. The van der Waals surface area contributed by atoms with Crippen molar-refractivity contribution < 1.29 is 4.74 Å². The maximum absolute atomic E-state index is 5.30. The average Bonchev–Trinajstić information content (AvgIpc) is 2.48. The van der Waals surface area contributed by atoms with Gasteiger partial charge < -0.3 is 14.5 Å². The van der Waals surface area contributed by atoms with Gasteiger partial charge in [-0.3, -0.25) is 0 Å². The van der Waals surface area contributed by atoms with E-state index in [9.17, 15) is 0 Å². The minimum Gasteiger partial charge on any atom is -0.385 e. The number of rotatable bonds is 10. The first-order valence-electron chi connectivity index (χ1n) is 9.38. The maximum atomic E-state index is 5.30. The Labute approximate surface area is 139 Å². The predicted molar refractivity (Wildman–Crippen MR) is 96.5 cm³/mol. The van der Waals surface area contributed by atoms with E-state index < -0.39 is 0 Å². The number of likely N-dealkylation sites (N-methyl/N-ethyl adjacent to an activating group) is 1. The fourth-order valence-electron chi connectivity index (χ4n) is 3.60. The highest BCUT2D eigenvalue weighted by molar-refractivity contribution is 4.72. The molecule has 0 aromatic carbocycles. The summed E-state index contributed by atoms with van der Waals surface area (Å²) in [6, 6.07) is 0. The van der Waals surface area contributed by atoms with Gasteiger partial charge in [-0.15, -0.1) is 0 Å². The summed E-state index contributed by atoms with van der Waals surface area (Å²) in [5.41, 5.74) is 0.439. The van der Waals surface area contributed by atoms with Gasteiger partial charge in [-0.1, -0.05) is 40.5 Å². The van der Waals surface area contributed by atoms with Gasteiger partial charge >= 0.3 is 0 Å². The Bertz CT molecular complexity index is 267. The molecule has 0 radical (unpaired) electrons. The maximum Gasteiger partial charge on any atom is 0.0464 e. The van der Waals surface area contributed by atoms with Crippen molar-refractivity contribution in [2.24, 2.45) is 11.3 Å². The Balaban J connectivity index is 2.16. The number of methoxy groups -OCH3 is 1. The largest absolute Gasteiger partial charge is 0.385 e. The van der Waals surface area contributed by atoms with Crippen molar-refractivity contribution in [2.75, 3.05) is 53.0 Å². The summed E-state index contributed by atoms with van der Waals surface area (Å²) in [6.45, 7) is 17.8. The number of piperazine rings is 1. The molecule has 0 spiro atoms. The second-order valence-electron chi connectivity index (χ2n) is 8.18. The molecule has 0 aromatic rings. The third-order valence-corrected chi connectivity index (χ3v) is 4.88. The van der Waals surface area contributed by atoms with Crippen molar-refractivity contribution in [2.45, 2.75) is 59.8 Å². The Hall–Kier alpha value is -0.120. The summed E-state index contributed by atoms with van der Waals surface area (Å²) in [4.78, 5) is 5.21. The molecular weight excluding hydrogens is 272 g/mol. The van der Waals surface area contributed by atoms with Crippen LogP contribution in [-0.4, -0.2) is 62.8 Å². The van der Waals surface area contributed by atoms with Gasteiger partial charge in [0.1, 0.15) is 0 Å². The van der Waals surface area contributed by atoms with Crippen LogP contribution in [0.2, 0.25) is 0 Å². The van der Waals surface area contributed by atoms with E-state index in [1.807, 2.05) is 7.11 Å². The van der Waals surface area contributed by atoms with Crippen molar-refractivity contribution in [3.05, 3.63) is 0 Å². The van der Waals surface area contributed by atoms with E-state index in [0.717, 1.165) is 12.5 Å². The number of unbranched alkanes of at least 4 members (excludes halogenated alkanes) is 1. The molecule has 0 aromatic heterocycles. The Morgan fingerprint density at radius 1 is 0.955 bits per heavy atom. The van der Waals surface area contributed by atoms with Crippen molar-refractivity contribution in [1.82, 2.24) is 9.80 Å². The summed E-state index contributed by atoms with van der Waals surface area (Å²) in [7, 11) is 1.82. The van der Waals surface area contributed by atoms with Gasteiger partial charge in [0.2, 0.25) is 0 Å². The smallest absolute Gasteiger partial charge is 0.0464 e. The van der Waals surface area contributed by atoms with Gasteiger partial charge in [0, 0.05) is 39.9 Å². The molecule has 3 nitrogen and oxygen atoms in total. The molecule has 1 aliphatic rings. The van der Waals surface area contributed by atoms with Crippen LogP contribution in [0.25, 0.3) is 0 Å². The minimum atomic E-state index is 0.439. The highest BCUT2D eigenvalue weighted by Gasteiger charge is 2.19. The quantitative estimate of drug-likeness (QED) is 0.569. The highest BCUT2D eigenvalue weighted by Crippen LogP contribution is 2.29. The SMILES string of the molecule is CCN1CCN(CCCC[C@H](CCOC)CC(C)(C)C)CC1. The van der Waals surface area contributed by atoms with Crippen LogP contribution < -0.4 is 0 Å². The molecular formula is C19H40N2O. The molecule has 1 atom stereocenters. The normalized spacial score (nSPS) is 19.5. The standard InChI is InChI=1S/C19H40N2O/c1-6-20-12-14-21(15-13-20)11-8-7-9-18(10-16-22-5)17-19(2,3)4/h18H,6-17H2,1-5H3/t18-/m1/s1. The van der Waals surface area contributed by atoms with E-state index in [-0.39, 0.29) is 0 Å². The van der Waals surface area contributed by atoms with E-state index in [1.165, 1.54) is 71.4 Å². The summed E-state index contributed by atoms with van der Waals surface area (Å²) in [5, 5.41) is 0. The molecule has 22 heavy (non-hydrogen) atoms. The number of ether oxygens (including phenoxy) is 1. The van der Waals surface area contributed by atoms with E-state index in [2.05, 4.69) is 37.5 Å². The first-order valence-corrected chi connectivity index (χ1v) is 9.38. The van der Waals surface area contributed by atoms with E-state index in [4.69, 9.17) is 4.74 Å². The van der Waals surface area contributed by atoms with Crippen molar-refractivity contribution >= 4 is 0 Å². The lowest BCUT2D eigenvalue weighted by Gasteiger charge is -2.34. The lowest BCUT2D eigenvalue weighted by molar-refractivity contribution is 0.132. The van der Waals surface area contributed by atoms with Gasteiger partial charge in [-0.05, 0) is 43.7 Å². The second kappa shape index (κ2) is 10.6. The monoisotopic (exact) mass is 312 g/mol. The van der Waals surface area contributed by atoms with Crippen LogP contribution in [0.3, 0.4) is 0 Å². The van der Waals surface area contributed by atoms with Crippen LogP contribution in [0.5, 0.6) is 0 Å². The van der Waals surface area contributed by atoms with Gasteiger partial charge in [0.15, 0.2) is 0 Å². The van der Waals surface area contributed by atoms with Gasteiger partial charge in [0.05, 0.1) is 0 Å². The Kier molecular flexibility index (Phi) is 9.62. The third-order valence-electron chi connectivity index (χ3n) is 4.88. The zero-order chi connectivity index (χ0) is 16.4. The molecule has 1 rings (SSSR count). The fraction of sp³-hybridized carbons (Fsp3) is 1.00. The zero-order valence-electron chi connectivity index (χ0n) is 15.9. The van der Waals surface area contributed by atoms with Crippen molar-refractivity contribution in [1.29, 1.82) is 0 Å². The lowest BCUT2D eigenvalue weighted by atomic mass is 9.81. The molecule has 1 fully saturated rings. The molecule has 132 valence electrons. The van der Waals surface area contributed by atoms with E-state index in [1.54, 1.807) is 0 Å². The predicted octanol–water partition coefficient (Wildman–Crippen LogP) is 3.88. The summed E-state index contributed by atoms with van der Waals surface area (Å²) in [5.74, 6) is 0.830. The highest BCUT2D eigenvalue weighted by atomic mass is 16.5. The third kappa shape index (κ3) is 9.12. The molecule has 0 bridgehead atoms. The van der Waals surface area contributed by atoms with Crippen LogP contribution in [0.4, 0.5) is 0 Å². The molecule has 0 aliphatic carbocycles. The topological polar surface area (TPSA) is 15.7 Å². The fourth-order valence-corrected chi connectivity index (χ4v) is 3.60. The molecule has 3 heteroatoms. The molecule has 0 unspecified atom stereocenters. The average molecular weight is 313 g/mol. The first-order chi connectivity index (χ1) is 10.4. The van der Waals surface area contributed by atoms with Gasteiger partial charge in [0.25, 0.3) is 0 Å². The molecule has 0 amide bonds. The number of hydrogen-bond acceptors (Lipinski definition) is 3. The molecule has 1 saturated heterocycles. The Morgan fingerprint density at radius 2 is 1.59 bits per heavy atom. The van der Waals surface area contributed by atoms with Crippen LogP contribution in [0, 0.1) is 11.3 Å². The van der Waals surface area contributed by atoms with E-state index >= 15 is 0 Å². The number of nitrogens with zero attached hydrogens (tertiary/aromatic N) is 2. The minimum absolute atomic E-state index is 0.439. The van der Waals surface area contributed by atoms with Crippen molar-refractivity contribution in [3.63, 3.8) is 0 Å². The molecule has 1 aliphatic heterocycles. The summed E-state index contributed by atoms with van der Waals surface area (Å²) < 4.78 is 5.30. The first kappa shape index (κ1) is 19.9. The molecule has 0 saturated carbocycles. The lowest BCUT2D eigenvalue weighted by Crippen LogP contribution is -2.46. The summed E-state index contributed by atoms with van der Waals surface area (Å²) in [6.07, 6.45) is 6.65.